The van der Waals surface area contributed by atoms with E-state index in [1.807, 2.05) is 0 Å². The minimum atomic E-state index is -2.85. The first-order valence-corrected chi connectivity index (χ1v) is 4.43. The Balaban J connectivity index is 3.28. The monoisotopic (exact) mass is 231 g/mol. The van der Waals surface area contributed by atoms with Crippen molar-refractivity contribution in [2.24, 2.45) is 5.73 Å². The smallest absolute Gasteiger partial charge is 0.307 e. The normalized spacial score (nSPS) is 10.8. The lowest BCUT2D eigenvalue weighted by atomic mass is 10.0. The van der Waals surface area contributed by atoms with Crippen LogP contribution in [0, 0.1) is 0 Å². The summed E-state index contributed by atoms with van der Waals surface area (Å²) < 4.78 is 25.3. The Morgan fingerprint density at radius 1 is 1.56 bits per heavy atom. The zero-order valence-electron chi connectivity index (χ0n) is 8.28. The zero-order valence-corrected chi connectivity index (χ0v) is 8.28. The van der Waals surface area contributed by atoms with E-state index in [0.717, 1.165) is 0 Å². The molecule has 0 fully saturated rings. The Bertz CT molecular complexity index is 410. The highest BCUT2D eigenvalue weighted by atomic mass is 19.3. The van der Waals surface area contributed by atoms with Crippen molar-refractivity contribution in [3.05, 3.63) is 22.9 Å². The first-order valence-electron chi connectivity index (χ1n) is 4.43. The Labute approximate surface area is 90.1 Å². The minimum absolute atomic E-state index is 0.0142. The number of hydrogen-bond acceptors (Lipinski definition) is 4. The summed E-state index contributed by atoms with van der Waals surface area (Å²) in [6.07, 6.45) is -3.38. The number of nitrogen functional groups attached to an aromatic ring is 1. The zero-order chi connectivity index (χ0) is 12.3. The van der Waals surface area contributed by atoms with Gasteiger partial charge in [-0.2, -0.15) is 0 Å². The predicted octanol–water partition coefficient (Wildman–Crippen LogP) is 0.687. The van der Waals surface area contributed by atoms with Crippen molar-refractivity contribution < 1.29 is 18.7 Å². The molecule has 0 saturated carbocycles. The summed E-state index contributed by atoms with van der Waals surface area (Å²) in [6.45, 7) is 0.0142. The molecular weight excluding hydrogens is 220 g/mol. The van der Waals surface area contributed by atoms with Crippen LogP contribution < -0.4 is 11.5 Å². The summed E-state index contributed by atoms with van der Waals surface area (Å²) in [5.41, 5.74) is 10.3. The summed E-state index contributed by atoms with van der Waals surface area (Å²) in [6, 6.07) is 1.24. The molecule has 0 aliphatic rings. The molecule has 0 aliphatic carbocycles. The van der Waals surface area contributed by atoms with E-state index >= 15 is 0 Å². The first kappa shape index (κ1) is 12.3. The fourth-order valence-electron chi connectivity index (χ4n) is 1.36. The molecule has 0 aromatic carbocycles. The number of pyridine rings is 1. The molecule has 0 atom stereocenters. The molecule has 0 radical (unpaired) electrons. The van der Waals surface area contributed by atoms with E-state index in [1.165, 1.54) is 6.07 Å². The molecule has 7 heteroatoms. The standard InChI is InChI=1S/C9H11F2N3O2/c10-8(11)7-4(2-6(15)16)1-5(3-12)14-9(7)13/h1,8H,2-3,12H2,(H2,13,14)(H,15,16). The van der Waals surface area contributed by atoms with Crippen molar-refractivity contribution >= 4 is 11.8 Å². The van der Waals surface area contributed by atoms with E-state index < -0.39 is 24.4 Å². The lowest BCUT2D eigenvalue weighted by Gasteiger charge is -2.11. The second-order valence-electron chi connectivity index (χ2n) is 3.15. The molecule has 1 rings (SSSR count). The van der Waals surface area contributed by atoms with Crippen molar-refractivity contribution in [2.45, 2.75) is 19.4 Å². The second kappa shape index (κ2) is 4.84. The third-order valence-electron chi connectivity index (χ3n) is 2.00. The molecule has 0 bridgehead atoms. The van der Waals surface area contributed by atoms with Crippen LogP contribution in [0.1, 0.15) is 23.2 Å². The third-order valence-corrected chi connectivity index (χ3v) is 2.00. The maximum Gasteiger partial charge on any atom is 0.307 e. The van der Waals surface area contributed by atoms with Crippen LogP contribution in [0.4, 0.5) is 14.6 Å². The van der Waals surface area contributed by atoms with Crippen LogP contribution in [0.15, 0.2) is 6.07 Å². The number of carboxylic acid groups (broad SMARTS) is 1. The molecule has 0 saturated heterocycles. The Kier molecular flexibility index (Phi) is 3.73. The Morgan fingerprint density at radius 2 is 2.19 bits per heavy atom. The Hall–Kier alpha value is -1.76. The topological polar surface area (TPSA) is 102 Å². The number of hydrogen-bond donors (Lipinski definition) is 3. The molecular formula is C9H11F2N3O2. The summed E-state index contributed by atoms with van der Waals surface area (Å²) in [4.78, 5) is 14.2. The van der Waals surface area contributed by atoms with Gasteiger partial charge in [0.2, 0.25) is 0 Å². The average molecular weight is 231 g/mol. The maximum atomic E-state index is 12.6. The second-order valence-corrected chi connectivity index (χ2v) is 3.15. The molecule has 0 amide bonds. The van der Waals surface area contributed by atoms with Crippen LogP contribution in [-0.4, -0.2) is 16.1 Å². The number of carbonyl (C=O) groups is 1. The number of nitrogens with zero attached hydrogens (tertiary/aromatic N) is 1. The molecule has 0 aliphatic heterocycles. The number of halogens is 2. The van der Waals surface area contributed by atoms with Gasteiger partial charge in [0.15, 0.2) is 0 Å². The number of alkyl halides is 2. The number of aliphatic carboxylic acids is 1. The number of nitrogens with two attached hydrogens (primary N) is 2. The number of carboxylic acids is 1. The quantitative estimate of drug-likeness (QED) is 0.707. The van der Waals surface area contributed by atoms with Crippen LogP contribution >= 0.6 is 0 Å². The number of anilines is 1. The molecule has 1 heterocycles. The van der Waals surface area contributed by atoms with E-state index in [-0.39, 0.29) is 23.6 Å². The van der Waals surface area contributed by atoms with Crippen molar-refractivity contribution in [3.63, 3.8) is 0 Å². The lowest BCUT2D eigenvalue weighted by molar-refractivity contribution is -0.136. The van der Waals surface area contributed by atoms with Gasteiger partial charge in [-0.1, -0.05) is 0 Å². The highest BCUT2D eigenvalue weighted by Crippen LogP contribution is 2.28. The minimum Gasteiger partial charge on any atom is -0.481 e. The SMILES string of the molecule is NCc1cc(CC(=O)O)c(C(F)F)c(N)n1. The van der Waals surface area contributed by atoms with Crippen LogP contribution in [-0.2, 0) is 17.8 Å². The number of rotatable bonds is 4. The van der Waals surface area contributed by atoms with E-state index in [2.05, 4.69) is 4.98 Å². The summed E-state index contributed by atoms with van der Waals surface area (Å²) in [7, 11) is 0. The van der Waals surface area contributed by atoms with E-state index in [1.54, 1.807) is 0 Å². The van der Waals surface area contributed by atoms with Crippen LogP contribution in [0.3, 0.4) is 0 Å². The maximum absolute atomic E-state index is 12.6. The van der Waals surface area contributed by atoms with Gasteiger partial charge in [0, 0.05) is 6.54 Å². The van der Waals surface area contributed by atoms with Gasteiger partial charge in [0.1, 0.15) is 5.82 Å². The average Bonchev–Trinajstić information content (AvgIpc) is 2.14. The van der Waals surface area contributed by atoms with Crippen LogP contribution in [0.2, 0.25) is 0 Å². The molecule has 5 nitrogen and oxygen atoms in total. The van der Waals surface area contributed by atoms with Crippen LogP contribution in [0.5, 0.6) is 0 Å². The highest BCUT2D eigenvalue weighted by molar-refractivity contribution is 5.71. The predicted molar refractivity (Wildman–Crippen MR) is 52.8 cm³/mol. The highest BCUT2D eigenvalue weighted by Gasteiger charge is 2.20. The van der Waals surface area contributed by atoms with E-state index in [0.29, 0.717) is 0 Å². The lowest BCUT2D eigenvalue weighted by Crippen LogP contribution is -2.11. The van der Waals surface area contributed by atoms with Crippen molar-refractivity contribution in [1.29, 1.82) is 0 Å². The molecule has 88 valence electrons. The summed E-state index contributed by atoms with van der Waals surface area (Å²) >= 11 is 0. The Morgan fingerprint density at radius 3 is 2.62 bits per heavy atom. The van der Waals surface area contributed by atoms with Gasteiger partial charge in [-0.05, 0) is 11.6 Å². The molecule has 0 spiro atoms. The van der Waals surface area contributed by atoms with Crippen molar-refractivity contribution in [2.75, 3.05) is 5.73 Å². The van der Waals surface area contributed by atoms with Gasteiger partial charge in [0.05, 0.1) is 17.7 Å². The molecule has 5 N–H and O–H groups in total. The summed E-state index contributed by atoms with van der Waals surface area (Å²) in [5, 5.41) is 8.59. The molecule has 16 heavy (non-hydrogen) atoms. The number of aromatic nitrogens is 1. The van der Waals surface area contributed by atoms with Gasteiger partial charge in [-0.25, -0.2) is 13.8 Å². The van der Waals surface area contributed by atoms with E-state index in [4.69, 9.17) is 16.6 Å². The van der Waals surface area contributed by atoms with Gasteiger partial charge >= 0.3 is 5.97 Å². The first-order chi connectivity index (χ1) is 7.45. The van der Waals surface area contributed by atoms with E-state index in [9.17, 15) is 13.6 Å². The van der Waals surface area contributed by atoms with Crippen molar-refractivity contribution in [1.82, 2.24) is 4.98 Å². The molecule has 0 unspecified atom stereocenters. The van der Waals surface area contributed by atoms with Gasteiger partial charge < -0.3 is 16.6 Å². The van der Waals surface area contributed by atoms with Crippen molar-refractivity contribution in [3.8, 4) is 0 Å². The molecule has 1 aromatic heterocycles. The third kappa shape index (κ3) is 2.63. The largest absolute Gasteiger partial charge is 0.481 e. The van der Waals surface area contributed by atoms with Gasteiger partial charge in [-0.3, -0.25) is 4.79 Å². The fraction of sp³-hybridized carbons (Fsp3) is 0.333. The van der Waals surface area contributed by atoms with Gasteiger partial charge in [0.25, 0.3) is 6.43 Å². The molecule has 1 aromatic rings. The van der Waals surface area contributed by atoms with Crippen LogP contribution in [0.25, 0.3) is 0 Å². The van der Waals surface area contributed by atoms with Gasteiger partial charge in [-0.15, -0.1) is 0 Å². The summed E-state index contributed by atoms with van der Waals surface area (Å²) in [5.74, 6) is -1.58. The fourth-order valence-corrected chi connectivity index (χ4v) is 1.36.